The van der Waals surface area contributed by atoms with E-state index in [-0.39, 0.29) is 5.60 Å². The Balaban J connectivity index is 1.38. The molecule has 0 aromatic carbocycles. The van der Waals surface area contributed by atoms with Gasteiger partial charge in [0.05, 0.1) is 11.3 Å². The van der Waals surface area contributed by atoms with Crippen LogP contribution < -0.4 is 11.1 Å². The first-order chi connectivity index (χ1) is 10.3. The summed E-state index contributed by atoms with van der Waals surface area (Å²) in [6.45, 7) is 3.60. The number of nitrogens with zero attached hydrogens (tertiary/aromatic N) is 1. The largest absolute Gasteiger partial charge is 0.381 e. The Morgan fingerprint density at radius 3 is 3.00 bits per heavy atom. The maximum absolute atomic E-state index is 6.07. The average Bonchev–Trinajstić information content (AvgIpc) is 2.90. The maximum atomic E-state index is 6.07. The van der Waals surface area contributed by atoms with Gasteiger partial charge in [0.25, 0.3) is 0 Å². The summed E-state index contributed by atoms with van der Waals surface area (Å²) in [5, 5.41) is 6.42. The van der Waals surface area contributed by atoms with Gasteiger partial charge in [-0.15, -0.1) is 11.3 Å². The van der Waals surface area contributed by atoms with Crippen LogP contribution in [0.1, 0.15) is 37.8 Å². The van der Waals surface area contributed by atoms with Crippen molar-refractivity contribution < 1.29 is 9.47 Å². The molecule has 0 unspecified atom stereocenters. The van der Waals surface area contributed by atoms with Gasteiger partial charge in [-0.2, -0.15) is 0 Å². The summed E-state index contributed by atoms with van der Waals surface area (Å²) in [5.74, 6) is 0. The first-order valence-electron chi connectivity index (χ1n) is 7.91. The third-order valence-electron chi connectivity index (χ3n) is 4.51. The molecule has 118 valence electrons. The van der Waals surface area contributed by atoms with E-state index in [0.29, 0.717) is 11.2 Å². The molecule has 2 aliphatic heterocycles. The van der Waals surface area contributed by atoms with Crippen molar-refractivity contribution in [1.82, 2.24) is 10.3 Å². The van der Waals surface area contributed by atoms with Gasteiger partial charge in [-0.1, -0.05) is 0 Å². The first kappa shape index (κ1) is 15.2. The van der Waals surface area contributed by atoms with Crippen molar-refractivity contribution in [2.45, 2.75) is 50.2 Å². The zero-order valence-electron chi connectivity index (χ0n) is 12.5. The molecule has 0 aliphatic carbocycles. The summed E-state index contributed by atoms with van der Waals surface area (Å²) in [7, 11) is 0. The molecule has 6 heteroatoms. The minimum absolute atomic E-state index is 0.0809. The Labute approximate surface area is 130 Å². The predicted octanol–water partition coefficient (Wildman–Crippen LogP) is 1.98. The van der Waals surface area contributed by atoms with E-state index >= 15 is 0 Å². The van der Waals surface area contributed by atoms with Crippen LogP contribution in [0.15, 0.2) is 5.38 Å². The van der Waals surface area contributed by atoms with E-state index in [1.807, 2.05) is 0 Å². The Kier molecular flexibility index (Phi) is 5.11. The number of hydrogen-bond acceptors (Lipinski definition) is 6. The summed E-state index contributed by atoms with van der Waals surface area (Å²) >= 11 is 1.52. The summed E-state index contributed by atoms with van der Waals surface area (Å²) < 4.78 is 11.5. The van der Waals surface area contributed by atoms with Crippen molar-refractivity contribution in [3.05, 3.63) is 11.1 Å². The number of hydrogen-bond donors (Lipinski definition) is 2. The minimum atomic E-state index is 0.0809. The number of nitrogen functional groups attached to an aromatic ring is 1. The van der Waals surface area contributed by atoms with E-state index in [1.54, 1.807) is 0 Å². The van der Waals surface area contributed by atoms with Gasteiger partial charge in [-0.05, 0) is 45.1 Å². The van der Waals surface area contributed by atoms with Crippen molar-refractivity contribution in [3.8, 4) is 0 Å². The molecular weight excluding hydrogens is 286 g/mol. The molecule has 21 heavy (non-hydrogen) atoms. The predicted molar refractivity (Wildman–Crippen MR) is 84.6 cm³/mol. The smallest absolute Gasteiger partial charge is 0.180 e. The molecule has 2 aliphatic rings. The fraction of sp³-hybridized carbons (Fsp3) is 0.800. The van der Waals surface area contributed by atoms with E-state index in [1.165, 1.54) is 11.3 Å². The molecule has 2 saturated heterocycles. The lowest BCUT2D eigenvalue weighted by atomic mass is 9.84. The van der Waals surface area contributed by atoms with E-state index in [4.69, 9.17) is 15.2 Å². The van der Waals surface area contributed by atoms with Crippen molar-refractivity contribution in [2.75, 3.05) is 32.1 Å². The number of anilines is 1. The average molecular weight is 311 g/mol. The van der Waals surface area contributed by atoms with Crippen molar-refractivity contribution in [3.63, 3.8) is 0 Å². The second-order valence-electron chi connectivity index (χ2n) is 6.07. The lowest BCUT2D eigenvalue weighted by molar-refractivity contribution is -0.140. The molecule has 3 rings (SSSR count). The van der Waals surface area contributed by atoms with Crippen LogP contribution in [0, 0.1) is 0 Å². The Bertz CT molecular complexity index is 440. The SMILES string of the molecule is Nc1nc(CCCN[C@H]2CCOC3(CCOCC3)C2)cs1. The molecule has 1 atom stereocenters. The van der Waals surface area contributed by atoms with E-state index in [0.717, 1.165) is 70.6 Å². The normalized spacial score (nSPS) is 25.2. The van der Waals surface area contributed by atoms with Crippen LogP contribution in [0.2, 0.25) is 0 Å². The number of nitrogens with two attached hydrogens (primary N) is 1. The van der Waals surface area contributed by atoms with Crippen molar-refractivity contribution >= 4 is 16.5 Å². The molecule has 5 nitrogen and oxygen atoms in total. The van der Waals surface area contributed by atoms with Gasteiger partial charge in [0.2, 0.25) is 0 Å². The van der Waals surface area contributed by atoms with Crippen molar-refractivity contribution in [1.29, 1.82) is 0 Å². The number of ether oxygens (including phenoxy) is 2. The van der Waals surface area contributed by atoms with Gasteiger partial charge < -0.3 is 20.5 Å². The van der Waals surface area contributed by atoms with Gasteiger partial charge in [-0.25, -0.2) is 4.98 Å². The molecular formula is C15H25N3O2S. The fourth-order valence-electron chi connectivity index (χ4n) is 3.31. The van der Waals surface area contributed by atoms with Crippen LogP contribution in [-0.2, 0) is 15.9 Å². The molecule has 2 fully saturated rings. The number of aromatic nitrogens is 1. The molecule has 1 aromatic rings. The van der Waals surface area contributed by atoms with E-state index < -0.39 is 0 Å². The van der Waals surface area contributed by atoms with Crippen LogP contribution in [0.5, 0.6) is 0 Å². The zero-order chi connectivity index (χ0) is 14.5. The lowest BCUT2D eigenvalue weighted by Gasteiger charge is -2.43. The number of rotatable bonds is 5. The van der Waals surface area contributed by atoms with Gasteiger partial charge in [0.15, 0.2) is 5.13 Å². The molecule has 0 amide bonds. The summed E-state index contributed by atoms with van der Waals surface area (Å²) in [4.78, 5) is 4.30. The van der Waals surface area contributed by atoms with Gasteiger partial charge in [-0.3, -0.25) is 0 Å². The first-order valence-corrected chi connectivity index (χ1v) is 8.79. The maximum Gasteiger partial charge on any atom is 0.180 e. The Hall–Kier alpha value is -0.690. The lowest BCUT2D eigenvalue weighted by Crippen LogP contribution is -2.50. The Morgan fingerprint density at radius 1 is 1.38 bits per heavy atom. The topological polar surface area (TPSA) is 69.4 Å². The highest BCUT2D eigenvalue weighted by Crippen LogP contribution is 2.34. The van der Waals surface area contributed by atoms with Crippen LogP contribution in [0.25, 0.3) is 0 Å². The minimum Gasteiger partial charge on any atom is -0.381 e. The summed E-state index contributed by atoms with van der Waals surface area (Å²) in [6.07, 6.45) is 6.44. The number of thiazole rings is 1. The van der Waals surface area contributed by atoms with Gasteiger partial charge in [0.1, 0.15) is 0 Å². The molecule has 3 heterocycles. The van der Waals surface area contributed by atoms with Crippen LogP contribution in [-0.4, -0.2) is 43.0 Å². The highest BCUT2D eigenvalue weighted by atomic mass is 32.1. The van der Waals surface area contributed by atoms with E-state index in [9.17, 15) is 0 Å². The summed E-state index contributed by atoms with van der Waals surface area (Å²) in [6, 6.07) is 0.581. The summed E-state index contributed by atoms with van der Waals surface area (Å²) in [5.41, 5.74) is 6.85. The van der Waals surface area contributed by atoms with Crippen LogP contribution in [0.4, 0.5) is 5.13 Å². The number of nitrogens with one attached hydrogen (secondary N) is 1. The highest BCUT2D eigenvalue weighted by Gasteiger charge is 2.38. The monoisotopic (exact) mass is 311 g/mol. The van der Waals surface area contributed by atoms with E-state index in [2.05, 4.69) is 15.7 Å². The molecule has 3 N–H and O–H groups in total. The second-order valence-corrected chi connectivity index (χ2v) is 6.96. The molecule has 0 saturated carbocycles. The fourth-order valence-corrected chi connectivity index (χ4v) is 3.90. The zero-order valence-corrected chi connectivity index (χ0v) is 13.3. The second kappa shape index (κ2) is 7.05. The third-order valence-corrected chi connectivity index (χ3v) is 5.23. The standard InChI is InChI=1S/C15H25N3O2S/c16-14-18-13(11-21-14)2-1-6-17-12-3-7-20-15(10-12)4-8-19-9-5-15/h11-12,17H,1-10H2,(H2,16,18)/t12-/m0/s1. The van der Waals surface area contributed by atoms with Crippen molar-refractivity contribution in [2.24, 2.45) is 0 Å². The molecule has 1 aromatic heterocycles. The van der Waals surface area contributed by atoms with Gasteiger partial charge in [0, 0.05) is 31.2 Å². The highest BCUT2D eigenvalue weighted by molar-refractivity contribution is 7.13. The quantitative estimate of drug-likeness (QED) is 0.814. The number of aryl methyl sites for hydroxylation is 1. The molecule has 0 radical (unpaired) electrons. The van der Waals surface area contributed by atoms with Crippen LogP contribution in [0.3, 0.4) is 0 Å². The molecule has 0 bridgehead atoms. The Morgan fingerprint density at radius 2 is 2.24 bits per heavy atom. The van der Waals surface area contributed by atoms with Crippen LogP contribution >= 0.6 is 11.3 Å². The van der Waals surface area contributed by atoms with Gasteiger partial charge >= 0.3 is 0 Å². The molecule has 1 spiro atoms. The third kappa shape index (κ3) is 4.16.